The van der Waals surface area contributed by atoms with Crippen LogP contribution in [0.3, 0.4) is 0 Å². The van der Waals surface area contributed by atoms with E-state index >= 15 is 0 Å². The van der Waals surface area contributed by atoms with E-state index in [2.05, 4.69) is 78.9 Å². The molecule has 0 radical (unpaired) electrons. The van der Waals surface area contributed by atoms with Gasteiger partial charge >= 0.3 is 9.28 Å². The van der Waals surface area contributed by atoms with Crippen LogP contribution in [0.4, 0.5) is 0 Å². The van der Waals surface area contributed by atoms with Crippen molar-refractivity contribution in [1.29, 1.82) is 0 Å². The highest BCUT2D eigenvalue weighted by molar-refractivity contribution is 6.73. The first kappa shape index (κ1) is 16.6. The molecule has 0 saturated carbocycles. The lowest BCUT2D eigenvalue weighted by Gasteiger charge is -2.23. The molecule has 1 aliphatic rings. The summed E-state index contributed by atoms with van der Waals surface area (Å²) in [6, 6.07) is 28.8. The first-order valence-electron chi connectivity index (χ1n) is 9.46. The Kier molecular flexibility index (Phi) is 3.93. The topological polar surface area (TPSA) is 27.7 Å². The second kappa shape index (κ2) is 6.63. The summed E-state index contributed by atoms with van der Waals surface area (Å²) < 4.78 is 17.5. The zero-order valence-corrected chi connectivity index (χ0v) is 19.2. The van der Waals surface area contributed by atoms with Crippen molar-refractivity contribution in [1.82, 2.24) is 0 Å². The van der Waals surface area contributed by atoms with E-state index in [1.807, 2.05) is 0 Å². The molecule has 1 heterocycles. The summed E-state index contributed by atoms with van der Waals surface area (Å²) in [5.74, 6) is 0. The first-order chi connectivity index (χ1) is 13.9. The van der Waals surface area contributed by atoms with E-state index in [9.17, 15) is 0 Å². The van der Waals surface area contributed by atoms with Crippen LogP contribution in [0.1, 0.15) is 0 Å². The van der Waals surface area contributed by atoms with E-state index in [0.717, 1.165) is 0 Å². The first-order valence-corrected chi connectivity index (χ1v) is 13.3. The van der Waals surface area contributed by atoms with Crippen LogP contribution in [-0.2, 0) is 12.3 Å². The molecule has 6 rings (SSSR count). The average molecular weight is 415 g/mol. The van der Waals surface area contributed by atoms with E-state index in [4.69, 9.17) is 12.3 Å². The van der Waals surface area contributed by atoms with Crippen LogP contribution in [-0.4, -0.2) is 29.3 Å². The van der Waals surface area contributed by atoms with Gasteiger partial charge in [0.2, 0.25) is 0 Å². The summed E-state index contributed by atoms with van der Waals surface area (Å²) in [7, 11) is -3.52. The van der Waals surface area contributed by atoms with Gasteiger partial charge < -0.3 is 12.3 Å². The van der Waals surface area contributed by atoms with Crippen molar-refractivity contribution in [2.45, 2.75) is 0 Å². The Labute approximate surface area is 168 Å². The summed E-state index contributed by atoms with van der Waals surface area (Å²) in [5.41, 5.74) is 0. The molecule has 1 fully saturated rings. The van der Waals surface area contributed by atoms with E-state index in [1.54, 1.807) is 0 Å². The molecule has 1 aliphatic heterocycles. The molecular formula is C22H18O3Si3. The lowest BCUT2D eigenvalue weighted by atomic mass is 9.96. The molecule has 0 N–H and O–H groups in total. The SMILES string of the molecule is c1ccc2cc3c(ccc4cc5cccc([SiH]6O[SiH2]O[SiH2]O6)c5cc43)cc2c1. The molecule has 0 aliphatic carbocycles. The molecule has 6 heteroatoms. The molecular weight excluding hydrogens is 396 g/mol. The van der Waals surface area contributed by atoms with Crippen LogP contribution >= 0.6 is 0 Å². The van der Waals surface area contributed by atoms with Gasteiger partial charge in [0.15, 0.2) is 0 Å². The largest absolute Gasteiger partial charge is 0.425 e. The third kappa shape index (κ3) is 2.66. The van der Waals surface area contributed by atoms with E-state index < -0.39 is 29.3 Å². The molecule has 28 heavy (non-hydrogen) atoms. The van der Waals surface area contributed by atoms with Gasteiger partial charge in [0.25, 0.3) is 20.0 Å². The van der Waals surface area contributed by atoms with Crippen LogP contribution in [0.5, 0.6) is 0 Å². The number of rotatable bonds is 1. The molecule has 1 saturated heterocycles. The lowest BCUT2D eigenvalue weighted by Crippen LogP contribution is -2.44. The van der Waals surface area contributed by atoms with Crippen LogP contribution < -0.4 is 5.19 Å². The number of hydrogen-bond acceptors (Lipinski definition) is 3. The molecule has 0 amide bonds. The molecule has 5 aromatic carbocycles. The normalized spacial score (nSPS) is 19.4. The molecule has 0 atom stereocenters. The van der Waals surface area contributed by atoms with Gasteiger partial charge in [0.1, 0.15) is 0 Å². The van der Waals surface area contributed by atoms with Gasteiger partial charge in [-0.25, -0.2) is 0 Å². The fourth-order valence-corrected chi connectivity index (χ4v) is 11.5. The minimum Gasteiger partial charge on any atom is -0.425 e. The fourth-order valence-electron chi connectivity index (χ4n) is 4.23. The molecule has 136 valence electrons. The zero-order chi connectivity index (χ0) is 18.5. The lowest BCUT2D eigenvalue weighted by molar-refractivity contribution is 0.334. The third-order valence-electron chi connectivity index (χ3n) is 5.59. The van der Waals surface area contributed by atoms with E-state index in [1.165, 1.54) is 48.3 Å². The van der Waals surface area contributed by atoms with E-state index in [0.29, 0.717) is 0 Å². The van der Waals surface area contributed by atoms with Crippen molar-refractivity contribution in [3.05, 3.63) is 78.9 Å². The molecule has 0 spiro atoms. The summed E-state index contributed by atoms with van der Waals surface area (Å²) in [4.78, 5) is 0. The Balaban J connectivity index is 1.67. The second-order valence-corrected chi connectivity index (χ2v) is 13.3. The summed E-state index contributed by atoms with van der Waals surface area (Å²) in [6.07, 6.45) is 0. The zero-order valence-electron chi connectivity index (χ0n) is 15.2. The van der Waals surface area contributed by atoms with E-state index in [-0.39, 0.29) is 0 Å². The standard InChI is InChI=1S/C22H18O3Si3/c1-2-5-15-12-19-17(10-14(15)4-1)8-9-18-11-16-6-3-7-22(21(16)13-20(18)19)28-24-26-23-27-25-28/h1-13,28H,26-27H2. The Morgan fingerprint density at radius 1 is 0.536 bits per heavy atom. The van der Waals surface area contributed by atoms with Gasteiger partial charge in [-0.3, -0.25) is 0 Å². The summed E-state index contributed by atoms with van der Waals surface area (Å²) in [5, 5.41) is 11.5. The Bertz CT molecular complexity index is 1360. The van der Waals surface area contributed by atoms with Crippen molar-refractivity contribution < 1.29 is 12.3 Å². The highest BCUT2D eigenvalue weighted by atomic mass is 28.4. The van der Waals surface area contributed by atoms with Crippen LogP contribution in [0.25, 0.3) is 43.1 Å². The molecule has 0 bridgehead atoms. The predicted octanol–water partition coefficient (Wildman–Crippen LogP) is 2.79. The van der Waals surface area contributed by atoms with Crippen molar-refractivity contribution in [3.63, 3.8) is 0 Å². The Morgan fingerprint density at radius 3 is 1.93 bits per heavy atom. The molecule has 5 aromatic rings. The molecule has 0 unspecified atom stereocenters. The van der Waals surface area contributed by atoms with Gasteiger partial charge in [-0.2, -0.15) is 0 Å². The Morgan fingerprint density at radius 2 is 1.14 bits per heavy atom. The smallest absolute Gasteiger partial charge is 0.338 e. The van der Waals surface area contributed by atoms with Crippen molar-refractivity contribution in [3.8, 4) is 0 Å². The maximum absolute atomic E-state index is 6.00. The van der Waals surface area contributed by atoms with Crippen LogP contribution in [0.15, 0.2) is 78.9 Å². The summed E-state index contributed by atoms with van der Waals surface area (Å²) in [6.45, 7) is 0. The van der Waals surface area contributed by atoms with Gasteiger partial charge in [-0.15, -0.1) is 0 Å². The predicted molar refractivity (Wildman–Crippen MR) is 124 cm³/mol. The van der Waals surface area contributed by atoms with Gasteiger partial charge in [0.05, 0.1) is 0 Å². The van der Waals surface area contributed by atoms with Crippen molar-refractivity contribution in [2.75, 3.05) is 0 Å². The van der Waals surface area contributed by atoms with Crippen molar-refractivity contribution in [2.24, 2.45) is 0 Å². The number of fused-ring (bicyclic) bond motifs is 5. The van der Waals surface area contributed by atoms with Crippen LogP contribution in [0.2, 0.25) is 0 Å². The van der Waals surface area contributed by atoms with Crippen LogP contribution in [0, 0.1) is 0 Å². The maximum Gasteiger partial charge on any atom is 0.338 e. The van der Waals surface area contributed by atoms with Gasteiger partial charge in [-0.1, -0.05) is 54.6 Å². The number of hydrogen-bond donors (Lipinski definition) is 0. The Hall–Kier alpha value is -2.33. The molecule has 3 nitrogen and oxygen atoms in total. The quantitative estimate of drug-likeness (QED) is 0.240. The fraction of sp³-hybridized carbons (Fsp3) is 0. The highest BCUT2D eigenvalue weighted by Crippen LogP contribution is 2.32. The minimum absolute atomic E-state index is 0.849. The molecule has 0 aromatic heterocycles. The summed E-state index contributed by atoms with van der Waals surface area (Å²) >= 11 is 0. The minimum atomic E-state index is -1.82. The third-order valence-corrected chi connectivity index (χ3v) is 11.4. The monoisotopic (exact) mass is 414 g/mol. The van der Waals surface area contributed by atoms with Crippen molar-refractivity contribution >= 4 is 77.6 Å². The second-order valence-electron chi connectivity index (χ2n) is 7.23. The number of benzene rings is 5. The average Bonchev–Trinajstić information content (AvgIpc) is 2.76. The highest BCUT2D eigenvalue weighted by Gasteiger charge is 2.22. The van der Waals surface area contributed by atoms with Gasteiger partial charge in [-0.05, 0) is 72.5 Å². The van der Waals surface area contributed by atoms with Gasteiger partial charge in [0, 0.05) is 0 Å². The maximum atomic E-state index is 6.00.